The van der Waals surface area contributed by atoms with E-state index in [1.54, 1.807) is 6.20 Å². The molecule has 0 unspecified atom stereocenters. The highest BCUT2D eigenvalue weighted by Crippen LogP contribution is 2.31. The molecule has 2 aromatic rings. The Kier molecular flexibility index (Phi) is 2.83. The molecule has 2 aromatic heterocycles. The Bertz CT molecular complexity index is 619. The molecule has 3 rings (SSSR count). The van der Waals surface area contributed by atoms with Gasteiger partial charge in [-0.1, -0.05) is 0 Å². The molecule has 0 radical (unpaired) electrons. The molecule has 6 heteroatoms. The number of amides is 1. The maximum atomic E-state index is 11.0. The van der Waals surface area contributed by atoms with Crippen LogP contribution in [0.2, 0.25) is 0 Å². The average Bonchev–Trinajstić information content (AvgIpc) is 2.53. The van der Waals surface area contributed by atoms with Crippen LogP contribution in [-0.2, 0) is 9.53 Å². The summed E-state index contributed by atoms with van der Waals surface area (Å²) in [6, 6.07) is 2.25. The molecule has 0 aliphatic carbocycles. The molecule has 18 heavy (non-hydrogen) atoms. The fourth-order valence-corrected chi connectivity index (χ4v) is 2.58. The van der Waals surface area contributed by atoms with E-state index < -0.39 is 0 Å². The van der Waals surface area contributed by atoms with Gasteiger partial charge in [0.25, 0.3) is 0 Å². The second kappa shape index (κ2) is 4.37. The van der Waals surface area contributed by atoms with Gasteiger partial charge in [-0.3, -0.25) is 4.79 Å². The van der Waals surface area contributed by atoms with Gasteiger partial charge in [-0.05, 0) is 22.0 Å². The standard InChI is InChI=1S/C12H12BrN3O2/c1-7(17)15-12-2-9-10(13)4-16(8-5-18-6-8)11(9)3-14-12/h2-4,8H,5-6H2,1H3,(H,14,15,17). The Morgan fingerprint density at radius 1 is 1.61 bits per heavy atom. The van der Waals surface area contributed by atoms with Crippen LogP contribution in [-0.4, -0.2) is 28.7 Å². The molecule has 0 aromatic carbocycles. The molecule has 1 amide bonds. The van der Waals surface area contributed by atoms with Crippen LogP contribution in [0.1, 0.15) is 13.0 Å². The summed E-state index contributed by atoms with van der Waals surface area (Å²) in [4.78, 5) is 15.3. The van der Waals surface area contributed by atoms with Crippen molar-refractivity contribution in [2.24, 2.45) is 0 Å². The number of aromatic nitrogens is 2. The minimum Gasteiger partial charge on any atom is -0.377 e. The Hall–Kier alpha value is -1.40. The number of rotatable bonds is 2. The van der Waals surface area contributed by atoms with Crippen molar-refractivity contribution in [3.8, 4) is 0 Å². The van der Waals surface area contributed by atoms with Gasteiger partial charge in [0.05, 0.1) is 31.0 Å². The van der Waals surface area contributed by atoms with Gasteiger partial charge < -0.3 is 14.6 Å². The SMILES string of the molecule is CC(=O)Nc1cc2c(Br)cn(C3COC3)c2cn1. The van der Waals surface area contributed by atoms with Gasteiger partial charge in [0.2, 0.25) is 5.91 Å². The normalized spacial score (nSPS) is 15.7. The first-order valence-electron chi connectivity index (χ1n) is 5.66. The molecule has 0 atom stereocenters. The summed E-state index contributed by atoms with van der Waals surface area (Å²) in [5.41, 5.74) is 1.05. The van der Waals surface area contributed by atoms with Crippen molar-refractivity contribution in [1.29, 1.82) is 0 Å². The minimum absolute atomic E-state index is 0.121. The molecule has 3 heterocycles. The first-order valence-corrected chi connectivity index (χ1v) is 6.46. The maximum Gasteiger partial charge on any atom is 0.222 e. The lowest BCUT2D eigenvalue weighted by molar-refractivity contribution is -0.114. The lowest BCUT2D eigenvalue weighted by Gasteiger charge is -2.28. The highest BCUT2D eigenvalue weighted by atomic mass is 79.9. The summed E-state index contributed by atoms with van der Waals surface area (Å²) in [5, 5.41) is 3.73. The van der Waals surface area contributed by atoms with Crippen molar-refractivity contribution in [2.45, 2.75) is 13.0 Å². The van der Waals surface area contributed by atoms with Crippen LogP contribution in [0.15, 0.2) is 22.9 Å². The van der Waals surface area contributed by atoms with E-state index >= 15 is 0 Å². The Labute approximate surface area is 112 Å². The van der Waals surface area contributed by atoms with Gasteiger partial charge in [-0.2, -0.15) is 0 Å². The molecule has 0 spiro atoms. The van der Waals surface area contributed by atoms with Gasteiger partial charge in [-0.15, -0.1) is 0 Å². The number of ether oxygens (including phenoxy) is 1. The number of carbonyl (C=O) groups excluding carboxylic acids is 1. The maximum absolute atomic E-state index is 11.0. The Morgan fingerprint density at radius 3 is 3.00 bits per heavy atom. The Morgan fingerprint density at radius 2 is 2.39 bits per heavy atom. The zero-order valence-corrected chi connectivity index (χ0v) is 11.4. The summed E-state index contributed by atoms with van der Waals surface area (Å²) in [5.74, 6) is 0.447. The van der Waals surface area contributed by atoms with E-state index in [2.05, 4.69) is 30.8 Å². The van der Waals surface area contributed by atoms with Crippen LogP contribution in [0.25, 0.3) is 10.9 Å². The molecule has 0 bridgehead atoms. The highest BCUT2D eigenvalue weighted by Gasteiger charge is 2.23. The topological polar surface area (TPSA) is 56.2 Å². The van der Waals surface area contributed by atoms with Crippen LogP contribution in [0.5, 0.6) is 0 Å². The predicted molar refractivity (Wildman–Crippen MR) is 71.6 cm³/mol. The quantitative estimate of drug-likeness (QED) is 0.926. The van der Waals surface area contributed by atoms with Gasteiger partial charge >= 0.3 is 0 Å². The van der Waals surface area contributed by atoms with Crippen LogP contribution < -0.4 is 5.32 Å². The van der Waals surface area contributed by atoms with Crippen molar-refractivity contribution in [2.75, 3.05) is 18.5 Å². The first kappa shape index (κ1) is 11.7. The van der Waals surface area contributed by atoms with Crippen LogP contribution in [0.3, 0.4) is 0 Å². The van der Waals surface area contributed by atoms with Crippen molar-refractivity contribution in [3.63, 3.8) is 0 Å². The van der Waals surface area contributed by atoms with Gasteiger partial charge in [-0.25, -0.2) is 4.98 Å². The van der Waals surface area contributed by atoms with Gasteiger partial charge in [0.15, 0.2) is 0 Å². The Balaban J connectivity index is 2.06. The van der Waals surface area contributed by atoms with Crippen LogP contribution >= 0.6 is 15.9 Å². The zero-order chi connectivity index (χ0) is 12.7. The van der Waals surface area contributed by atoms with Crippen LogP contribution in [0, 0.1) is 0 Å². The molecule has 1 saturated heterocycles. The van der Waals surface area contributed by atoms with E-state index in [1.807, 2.05) is 12.3 Å². The average molecular weight is 310 g/mol. The molecule has 1 fully saturated rings. The monoisotopic (exact) mass is 309 g/mol. The molecule has 1 N–H and O–H groups in total. The smallest absolute Gasteiger partial charge is 0.222 e. The number of nitrogens with zero attached hydrogens (tertiary/aromatic N) is 2. The van der Waals surface area contributed by atoms with Crippen molar-refractivity contribution in [3.05, 3.63) is 22.9 Å². The molecule has 5 nitrogen and oxygen atoms in total. The molecule has 0 saturated carbocycles. The van der Waals surface area contributed by atoms with E-state index in [4.69, 9.17) is 4.74 Å². The highest BCUT2D eigenvalue weighted by molar-refractivity contribution is 9.10. The molecular formula is C12H12BrN3O2. The fourth-order valence-electron chi connectivity index (χ4n) is 2.04. The van der Waals surface area contributed by atoms with Gasteiger partial charge in [0, 0.05) is 23.0 Å². The van der Waals surface area contributed by atoms with Crippen molar-refractivity contribution >= 4 is 38.6 Å². The molecule has 94 valence electrons. The lowest BCUT2D eigenvalue weighted by Crippen LogP contribution is -2.30. The van der Waals surface area contributed by atoms with Crippen molar-refractivity contribution < 1.29 is 9.53 Å². The number of nitrogens with one attached hydrogen (secondary N) is 1. The number of anilines is 1. The number of pyridine rings is 1. The van der Waals surface area contributed by atoms with E-state index in [1.165, 1.54) is 6.92 Å². The molecule has 1 aliphatic rings. The number of carbonyl (C=O) groups is 1. The number of hydrogen-bond donors (Lipinski definition) is 1. The summed E-state index contributed by atoms with van der Waals surface area (Å²) in [6.45, 7) is 2.95. The lowest BCUT2D eigenvalue weighted by atomic mass is 10.2. The van der Waals surface area contributed by atoms with E-state index in [0.717, 1.165) is 28.6 Å². The summed E-state index contributed by atoms with van der Waals surface area (Å²) >= 11 is 3.54. The summed E-state index contributed by atoms with van der Waals surface area (Å²) in [7, 11) is 0. The van der Waals surface area contributed by atoms with E-state index in [9.17, 15) is 4.79 Å². The number of halogens is 1. The molecule has 1 aliphatic heterocycles. The first-order chi connectivity index (χ1) is 8.65. The fraction of sp³-hybridized carbons (Fsp3) is 0.333. The largest absolute Gasteiger partial charge is 0.377 e. The van der Waals surface area contributed by atoms with Crippen LogP contribution in [0.4, 0.5) is 5.82 Å². The third-order valence-electron chi connectivity index (χ3n) is 2.99. The second-order valence-electron chi connectivity index (χ2n) is 4.34. The van der Waals surface area contributed by atoms with E-state index in [0.29, 0.717) is 11.9 Å². The summed E-state index contributed by atoms with van der Waals surface area (Å²) in [6.07, 6.45) is 3.82. The van der Waals surface area contributed by atoms with Crippen molar-refractivity contribution in [1.82, 2.24) is 9.55 Å². The third-order valence-corrected chi connectivity index (χ3v) is 3.62. The predicted octanol–water partition coefficient (Wildman–Crippen LogP) is 2.33. The number of fused-ring (bicyclic) bond motifs is 1. The number of hydrogen-bond acceptors (Lipinski definition) is 3. The second-order valence-corrected chi connectivity index (χ2v) is 5.20. The van der Waals surface area contributed by atoms with Gasteiger partial charge in [0.1, 0.15) is 5.82 Å². The van der Waals surface area contributed by atoms with E-state index in [-0.39, 0.29) is 5.91 Å². The molecular weight excluding hydrogens is 298 g/mol. The summed E-state index contributed by atoms with van der Waals surface area (Å²) < 4.78 is 8.37. The minimum atomic E-state index is -0.121. The zero-order valence-electron chi connectivity index (χ0n) is 9.81. The third kappa shape index (κ3) is 1.91.